The van der Waals surface area contributed by atoms with Gasteiger partial charge in [-0.25, -0.2) is 4.98 Å². The molecule has 0 aliphatic heterocycles. The molecule has 0 saturated carbocycles. The first kappa shape index (κ1) is 22.1. The lowest BCUT2D eigenvalue weighted by Gasteiger charge is -2.16. The zero-order valence-electron chi connectivity index (χ0n) is 18.2. The van der Waals surface area contributed by atoms with Gasteiger partial charge in [0, 0.05) is 12.2 Å². The minimum Gasteiger partial charge on any atom is -0.497 e. The molecule has 0 bridgehead atoms. The van der Waals surface area contributed by atoms with Crippen LogP contribution in [0.25, 0.3) is 10.9 Å². The number of hydrogen-bond acceptors (Lipinski definition) is 5. The Morgan fingerprint density at radius 2 is 1.97 bits per heavy atom. The van der Waals surface area contributed by atoms with Gasteiger partial charge in [-0.1, -0.05) is 35.5 Å². The Kier molecular flexibility index (Phi) is 7.27. The first-order valence-electron chi connectivity index (χ1n) is 10.9. The lowest BCUT2D eigenvalue weighted by Crippen LogP contribution is -2.24. The fourth-order valence-electron chi connectivity index (χ4n) is 3.84. The Bertz CT molecular complexity index is 1190. The molecular weight excluding hydrogens is 422 g/mol. The molecule has 2 aromatic carbocycles. The van der Waals surface area contributed by atoms with E-state index < -0.39 is 0 Å². The van der Waals surface area contributed by atoms with Gasteiger partial charge < -0.3 is 10.1 Å². The van der Waals surface area contributed by atoms with Crippen molar-refractivity contribution in [3.05, 3.63) is 70.5 Å². The van der Waals surface area contributed by atoms with Gasteiger partial charge in [0.2, 0.25) is 5.91 Å². The molecule has 1 aromatic heterocycles. The number of carbonyl (C=O) groups is 1. The van der Waals surface area contributed by atoms with Gasteiger partial charge in [-0.05, 0) is 68.5 Å². The molecule has 3 aromatic rings. The van der Waals surface area contributed by atoms with Crippen LogP contribution in [0.2, 0.25) is 0 Å². The van der Waals surface area contributed by atoms with Crippen LogP contribution in [0.3, 0.4) is 0 Å². The van der Waals surface area contributed by atoms with E-state index in [-0.39, 0.29) is 17.2 Å². The Morgan fingerprint density at radius 1 is 1.16 bits per heavy atom. The van der Waals surface area contributed by atoms with Crippen molar-refractivity contribution in [1.29, 1.82) is 0 Å². The molecule has 6 nitrogen and oxygen atoms in total. The highest BCUT2D eigenvalue weighted by Crippen LogP contribution is 2.23. The van der Waals surface area contributed by atoms with Crippen molar-refractivity contribution in [2.75, 3.05) is 18.2 Å². The molecule has 166 valence electrons. The smallest absolute Gasteiger partial charge is 0.262 e. The van der Waals surface area contributed by atoms with E-state index in [4.69, 9.17) is 9.72 Å². The number of fused-ring (bicyclic) bond motifs is 1. The summed E-state index contributed by atoms with van der Waals surface area (Å²) in [5, 5.41) is 4.07. The number of nitrogens with one attached hydrogen (secondary N) is 1. The van der Waals surface area contributed by atoms with Crippen LogP contribution in [-0.2, 0) is 11.3 Å². The predicted molar refractivity (Wildman–Crippen MR) is 130 cm³/mol. The van der Waals surface area contributed by atoms with Gasteiger partial charge in [-0.15, -0.1) is 0 Å². The summed E-state index contributed by atoms with van der Waals surface area (Å²) in [5.74, 6) is 0.749. The normalized spacial score (nSPS) is 13.6. The third-order valence-corrected chi connectivity index (χ3v) is 6.55. The molecular formula is C25H27N3O3S. The van der Waals surface area contributed by atoms with Gasteiger partial charge in [0.25, 0.3) is 5.56 Å². The molecule has 0 unspecified atom stereocenters. The molecule has 1 aliphatic carbocycles. The average Bonchev–Trinajstić information content (AvgIpc) is 2.83. The van der Waals surface area contributed by atoms with E-state index in [2.05, 4.69) is 11.4 Å². The van der Waals surface area contributed by atoms with E-state index in [9.17, 15) is 9.59 Å². The third-order valence-electron chi connectivity index (χ3n) is 5.57. The van der Waals surface area contributed by atoms with Crippen LogP contribution in [0.15, 0.2) is 70.1 Å². The van der Waals surface area contributed by atoms with Crippen LogP contribution >= 0.6 is 11.8 Å². The number of methoxy groups -OCH3 is 1. The maximum atomic E-state index is 13.2. The summed E-state index contributed by atoms with van der Waals surface area (Å²) in [5.41, 5.74) is 2.71. The van der Waals surface area contributed by atoms with Gasteiger partial charge in [0.15, 0.2) is 5.16 Å². The Hall–Kier alpha value is -3.06. The summed E-state index contributed by atoms with van der Waals surface area (Å²) < 4.78 is 6.87. The number of aromatic nitrogens is 2. The second-order valence-corrected chi connectivity index (χ2v) is 8.73. The summed E-state index contributed by atoms with van der Waals surface area (Å²) in [6.45, 7) is 0.574. The molecule has 0 radical (unpaired) electrons. The van der Waals surface area contributed by atoms with Crippen molar-refractivity contribution in [2.45, 2.75) is 43.8 Å². The third kappa shape index (κ3) is 5.40. The number of anilines is 1. The predicted octanol–water partition coefficient (Wildman–Crippen LogP) is 5.03. The largest absolute Gasteiger partial charge is 0.497 e. The molecule has 1 heterocycles. The van der Waals surface area contributed by atoms with Crippen molar-refractivity contribution in [2.24, 2.45) is 0 Å². The molecule has 7 heteroatoms. The van der Waals surface area contributed by atoms with Crippen molar-refractivity contribution >= 4 is 34.3 Å². The molecule has 1 N–H and O–H groups in total. The van der Waals surface area contributed by atoms with Gasteiger partial charge >= 0.3 is 0 Å². The molecule has 0 spiro atoms. The lowest BCUT2D eigenvalue weighted by atomic mass is 9.97. The van der Waals surface area contributed by atoms with Gasteiger partial charge in [0.1, 0.15) is 5.75 Å². The highest BCUT2D eigenvalue weighted by Gasteiger charge is 2.14. The Morgan fingerprint density at radius 3 is 2.72 bits per heavy atom. The summed E-state index contributed by atoms with van der Waals surface area (Å²) in [6.07, 6.45) is 7.81. The highest BCUT2D eigenvalue weighted by atomic mass is 32.2. The van der Waals surface area contributed by atoms with Crippen LogP contribution in [0.5, 0.6) is 5.75 Å². The van der Waals surface area contributed by atoms with E-state index in [0.29, 0.717) is 28.3 Å². The molecule has 0 atom stereocenters. The number of para-hydroxylation sites is 1. The number of thioether (sulfide) groups is 1. The fraction of sp³-hybridized carbons (Fsp3) is 0.320. The van der Waals surface area contributed by atoms with Crippen LogP contribution in [0, 0.1) is 0 Å². The number of rotatable bonds is 8. The molecule has 4 rings (SSSR count). The van der Waals surface area contributed by atoms with Crippen LogP contribution in [-0.4, -0.2) is 28.3 Å². The zero-order valence-corrected chi connectivity index (χ0v) is 19.0. The van der Waals surface area contributed by atoms with Crippen LogP contribution < -0.4 is 15.6 Å². The number of ether oxygens (including phenoxy) is 1. The number of carbonyl (C=O) groups excluding carboxylic acids is 1. The number of hydrogen-bond donors (Lipinski definition) is 1. The van der Waals surface area contributed by atoms with Crippen molar-refractivity contribution < 1.29 is 9.53 Å². The SMILES string of the molecule is COc1ccc(NC(=O)CSc2nc3ccccc3c(=O)n2CCC2=CCCCC2)cc1. The average molecular weight is 450 g/mol. The van der Waals surface area contributed by atoms with E-state index in [1.807, 2.05) is 24.3 Å². The lowest BCUT2D eigenvalue weighted by molar-refractivity contribution is -0.113. The number of allylic oxidation sites excluding steroid dienone is 2. The molecule has 0 saturated heterocycles. The summed E-state index contributed by atoms with van der Waals surface area (Å²) in [4.78, 5) is 30.4. The van der Waals surface area contributed by atoms with Gasteiger partial charge in [-0.2, -0.15) is 0 Å². The minimum atomic E-state index is -0.149. The first-order chi connectivity index (χ1) is 15.6. The molecule has 32 heavy (non-hydrogen) atoms. The quantitative estimate of drug-likeness (QED) is 0.297. The van der Waals surface area contributed by atoms with Crippen molar-refractivity contribution in [1.82, 2.24) is 9.55 Å². The van der Waals surface area contributed by atoms with E-state index in [1.165, 1.54) is 30.2 Å². The topological polar surface area (TPSA) is 73.2 Å². The summed E-state index contributed by atoms with van der Waals surface area (Å²) >= 11 is 1.29. The first-order valence-corrected chi connectivity index (χ1v) is 11.9. The van der Waals surface area contributed by atoms with E-state index in [1.54, 1.807) is 35.9 Å². The fourth-order valence-corrected chi connectivity index (χ4v) is 4.67. The Balaban J connectivity index is 1.51. The second-order valence-electron chi connectivity index (χ2n) is 7.79. The highest BCUT2D eigenvalue weighted by molar-refractivity contribution is 7.99. The van der Waals surface area contributed by atoms with Gasteiger partial charge in [-0.3, -0.25) is 14.2 Å². The molecule has 1 aliphatic rings. The maximum absolute atomic E-state index is 13.2. The van der Waals surface area contributed by atoms with Crippen molar-refractivity contribution in [3.63, 3.8) is 0 Å². The zero-order chi connectivity index (χ0) is 22.3. The second kappa shape index (κ2) is 10.5. The van der Waals surface area contributed by atoms with Gasteiger partial charge in [0.05, 0.1) is 23.8 Å². The molecule has 0 fully saturated rings. The number of benzene rings is 2. The number of amides is 1. The van der Waals surface area contributed by atoms with Crippen molar-refractivity contribution in [3.8, 4) is 5.75 Å². The monoisotopic (exact) mass is 449 g/mol. The van der Waals surface area contributed by atoms with Crippen LogP contribution in [0.4, 0.5) is 5.69 Å². The minimum absolute atomic E-state index is 0.0509. The Labute approximate surface area is 191 Å². The molecule has 1 amide bonds. The standard InChI is InChI=1S/C25H27N3O3S/c1-31-20-13-11-19(12-14-20)26-23(29)17-32-25-27-22-10-6-5-9-21(22)24(30)28(25)16-15-18-7-3-2-4-8-18/h5-7,9-14H,2-4,8,15-17H2,1H3,(H,26,29). The van der Waals surface area contributed by atoms with E-state index in [0.717, 1.165) is 25.0 Å². The number of nitrogens with zero attached hydrogens (tertiary/aromatic N) is 2. The van der Waals surface area contributed by atoms with Crippen LogP contribution in [0.1, 0.15) is 32.1 Å². The van der Waals surface area contributed by atoms with E-state index >= 15 is 0 Å². The summed E-state index contributed by atoms with van der Waals surface area (Å²) in [7, 11) is 1.60. The maximum Gasteiger partial charge on any atom is 0.262 e. The summed E-state index contributed by atoms with van der Waals surface area (Å²) in [6, 6.07) is 14.6.